The summed E-state index contributed by atoms with van der Waals surface area (Å²) in [5.41, 5.74) is 0.887. The number of carbonyl (C=O) groups excluding carboxylic acids is 1. The molecular formula is C17H17BrFNO. The summed E-state index contributed by atoms with van der Waals surface area (Å²) >= 11 is 3.43. The second-order valence-corrected chi connectivity index (χ2v) is 5.78. The van der Waals surface area contributed by atoms with Gasteiger partial charge in [-0.15, -0.1) is 0 Å². The van der Waals surface area contributed by atoms with Crippen molar-refractivity contribution >= 4 is 21.8 Å². The van der Waals surface area contributed by atoms with Crippen LogP contribution >= 0.6 is 15.9 Å². The topological polar surface area (TPSA) is 29.1 Å². The van der Waals surface area contributed by atoms with Gasteiger partial charge in [0.05, 0.1) is 11.1 Å². The lowest BCUT2D eigenvalue weighted by Gasteiger charge is -2.29. The predicted molar refractivity (Wildman–Crippen MR) is 86.2 cm³/mol. The fourth-order valence-electron chi connectivity index (χ4n) is 2.13. The first-order valence-electron chi connectivity index (χ1n) is 6.67. The maximum Gasteiger partial charge on any atom is 0.254 e. The van der Waals surface area contributed by atoms with E-state index >= 15 is 0 Å². The number of hydrogen-bond acceptors (Lipinski definition) is 1. The zero-order valence-electron chi connectivity index (χ0n) is 12.0. The molecule has 0 aliphatic carbocycles. The van der Waals surface area contributed by atoms with Crippen LogP contribution in [0, 0.1) is 12.7 Å². The van der Waals surface area contributed by atoms with E-state index in [1.807, 2.05) is 37.3 Å². The molecule has 110 valence electrons. The summed E-state index contributed by atoms with van der Waals surface area (Å²) in [7, 11) is 0. The van der Waals surface area contributed by atoms with Gasteiger partial charge in [0.1, 0.15) is 5.82 Å². The maximum absolute atomic E-state index is 14.1. The monoisotopic (exact) mass is 349 g/mol. The van der Waals surface area contributed by atoms with E-state index in [1.54, 1.807) is 19.1 Å². The van der Waals surface area contributed by atoms with Gasteiger partial charge >= 0.3 is 0 Å². The number of carbonyl (C=O) groups is 1. The molecule has 1 amide bonds. The minimum Gasteiger partial charge on any atom is -0.342 e. The van der Waals surface area contributed by atoms with Crippen LogP contribution in [0.15, 0.2) is 48.5 Å². The minimum absolute atomic E-state index is 0.0677. The molecule has 4 heteroatoms. The molecule has 0 bridgehead atoms. The molecule has 2 aromatic carbocycles. The SMILES string of the molecule is Cc1cccc(C(=O)NC(C)(CBr)c2ccccc2)c1F. The molecule has 0 heterocycles. The summed E-state index contributed by atoms with van der Waals surface area (Å²) in [5.74, 6) is -0.887. The molecule has 1 N–H and O–H groups in total. The van der Waals surface area contributed by atoms with Crippen LogP contribution < -0.4 is 5.32 Å². The third-order valence-electron chi connectivity index (χ3n) is 3.50. The number of amides is 1. The molecule has 0 aliphatic rings. The predicted octanol–water partition coefficient (Wildman–Crippen LogP) is 4.17. The van der Waals surface area contributed by atoms with E-state index < -0.39 is 17.3 Å². The van der Waals surface area contributed by atoms with Crippen LogP contribution in [0.4, 0.5) is 4.39 Å². The van der Waals surface area contributed by atoms with E-state index in [-0.39, 0.29) is 5.56 Å². The Balaban J connectivity index is 2.30. The van der Waals surface area contributed by atoms with E-state index in [0.717, 1.165) is 5.56 Å². The van der Waals surface area contributed by atoms with E-state index in [2.05, 4.69) is 21.2 Å². The third kappa shape index (κ3) is 3.32. The quantitative estimate of drug-likeness (QED) is 0.824. The van der Waals surface area contributed by atoms with Crippen molar-refractivity contribution in [3.8, 4) is 0 Å². The minimum atomic E-state index is -0.603. The Kier molecular flexibility index (Phi) is 4.78. The van der Waals surface area contributed by atoms with Gasteiger partial charge < -0.3 is 5.32 Å². The van der Waals surface area contributed by atoms with Gasteiger partial charge in [-0.3, -0.25) is 4.79 Å². The van der Waals surface area contributed by atoms with E-state index in [4.69, 9.17) is 0 Å². The summed E-state index contributed by atoms with van der Waals surface area (Å²) < 4.78 is 14.1. The number of hydrogen-bond donors (Lipinski definition) is 1. The Bertz CT molecular complexity index is 644. The molecule has 0 saturated heterocycles. The highest BCUT2D eigenvalue weighted by Crippen LogP contribution is 2.24. The zero-order valence-corrected chi connectivity index (χ0v) is 13.6. The van der Waals surface area contributed by atoms with Crippen LogP contribution in [-0.4, -0.2) is 11.2 Å². The van der Waals surface area contributed by atoms with Crippen molar-refractivity contribution in [1.82, 2.24) is 5.32 Å². The van der Waals surface area contributed by atoms with Crippen molar-refractivity contribution in [2.45, 2.75) is 19.4 Å². The van der Waals surface area contributed by atoms with E-state index in [1.165, 1.54) is 6.07 Å². The first-order valence-corrected chi connectivity index (χ1v) is 7.79. The highest BCUT2D eigenvalue weighted by Gasteiger charge is 2.28. The van der Waals surface area contributed by atoms with Crippen molar-refractivity contribution < 1.29 is 9.18 Å². The van der Waals surface area contributed by atoms with Crippen LogP contribution in [-0.2, 0) is 5.54 Å². The van der Waals surface area contributed by atoms with Gasteiger partial charge in [-0.05, 0) is 31.0 Å². The summed E-state index contributed by atoms with van der Waals surface area (Å²) in [6, 6.07) is 14.4. The van der Waals surface area contributed by atoms with E-state index in [9.17, 15) is 9.18 Å². The molecule has 0 radical (unpaired) electrons. The van der Waals surface area contributed by atoms with Gasteiger partial charge in [-0.25, -0.2) is 4.39 Å². The number of alkyl halides is 1. The molecule has 1 unspecified atom stereocenters. The second kappa shape index (κ2) is 6.39. The standard InChI is InChI=1S/C17H17BrFNO/c1-12-7-6-10-14(15(12)19)16(21)20-17(2,11-18)13-8-4-3-5-9-13/h3-10H,11H2,1-2H3,(H,20,21). The van der Waals surface area contributed by atoms with Crippen molar-refractivity contribution in [3.05, 3.63) is 71.0 Å². The highest BCUT2D eigenvalue weighted by molar-refractivity contribution is 9.09. The average Bonchev–Trinajstić information content (AvgIpc) is 2.50. The zero-order chi connectivity index (χ0) is 15.5. The van der Waals surface area contributed by atoms with Crippen LogP contribution in [0.1, 0.15) is 28.4 Å². The Hall–Kier alpha value is -1.68. The lowest BCUT2D eigenvalue weighted by Crippen LogP contribution is -2.45. The smallest absolute Gasteiger partial charge is 0.254 e. The molecule has 1 atom stereocenters. The summed E-state index contributed by atoms with van der Waals surface area (Å²) in [6.07, 6.45) is 0. The van der Waals surface area contributed by atoms with Crippen molar-refractivity contribution in [1.29, 1.82) is 0 Å². The third-order valence-corrected chi connectivity index (χ3v) is 4.63. The number of halogens is 2. The van der Waals surface area contributed by atoms with Crippen molar-refractivity contribution in [2.24, 2.45) is 0 Å². The fourth-order valence-corrected chi connectivity index (χ4v) is 2.59. The second-order valence-electron chi connectivity index (χ2n) is 5.22. The van der Waals surface area contributed by atoms with Crippen LogP contribution in [0.25, 0.3) is 0 Å². The summed E-state index contributed by atoms with van der Waals surface area (Å²) in [4.78, 5) is 12.4. The molecule has 2 nitrogen and oxygen atoms in total. The first kappa shape index (κ1) is 15.7. The Morgan fingerprint density at radius 2 is 1.86 bits per heavy atom. The molecule has 0 saturated carbocycles. The van der Waals surface area contributed by atoms with Crippen LogP contribution in [0.2, 0.25) is 0 Å². The molecule has 0 aliphatic heterocycles. The number of nitrogens with one attached hydrogen (secondary N) is 1. The molecule has 0 spiro atoms. The first-order chi connectivity index (χ1) is 9.98. The molecule has 0 aromatic heterocycles. The lowest BCUT2D eigenvalue weighted by molar-refractivity contribution is 0.0910. The van der Waals surface area contributed by atoms with Gasteiger partial charge in [0.25, 0.3) is 5.91 Å². The molecule has 21 heavy (non-hydrogen) atoms. The van der Waals surface area contributed by atoms with Crippen LogP contribution in [0.5, 0.6) is 0 Å². The number of rotatable bonds is 4. The Morgan fingerprint density at radius 3 is 2.48 bits per heavy atom. The largest absolute Gasteiger partial charge is 0.342 e. The van der Waals surface area contributed by atoms with Crippen LogP contribution in [0.3, 0.4) is 0 Å². The lowest BCUT2D eigenvalue weighted by atomic mass is 9.93. The Morgan fingerprint density at radius 1 is 1.19 bits per heavy atom. The van der Waals surface area contributed by atoms with Crippen molar-refractivity contribution in [3.63, 3.8) is 0 Å². The van der Waals surface area contributed by atoms with Gasteiger partial charge in [0, 0.05) is 5.33 Å². The Labute approximate surface area is 132 Å². The van der Waals surface area contributed by atoms with Crippen molar-refractivity contribution in [2.75, 3.05) is 5.33 Å². The summed E-state index contributed by atoms with van der Waals surface area (Å²) in [6.45, 7) is 3.55. The average molecular weight is 350 g/mol. The summed E-state index contributed by atoms with van der Waals surface area (Å²) in [5, 5.41) is 3.45. The fraction of sp³-hybridized carbons (Fsp3) is 0.235. The van der Waals surface area contributed by atoms with Gasteiger partial charge in [0.15, 0.2) is 0 Å². The maximum atomic E-state index is 14.1. The number of aryl methyl sites for hydroxylation is 1. The molecule has 2 aromatic rings. The normalized spacial score (nSPS) is 13.5. The van der Waals surface area contributed by atoms with Gasteiger partial charge in [-0.1, -0.05) is 58.4 Å². The highest BCUT2D eigenvalue weighted by atomic mass is 79.9. The van der Waals surface area contributed by atoms with E-state index in [0.29, 0.717) is 10.9 Å². The molecule has 2 rings (SSSR count). The van der Waals surface area contributed by atoms with Gasteiger partial charge in [0.2, 0.25) is 0 Å². The molecule has 0 fully saturated rings. The number of benzene rings is 2. The molecular weight excluding hydrogens is 333 g/mol. The van der Waals surface area contributed by atoms with Gasteiger partial charge in [-0.2, -0.15) is 0 Å².